The van der Waals surface area contributed by atoms with Crippen LogP contribution in [0.3, 0.4) is 0 Å². The number of nitrogens with zero attached hydrogens (tertiary/aromatic N) is 1. The summed E-state index contributed by atoms with van der Waals surface area (Å²) in [5.41, 5.74) is 2.10. The van der Waals surface area contributed by atoms with Crippen LogP contribution in [0.15, 0.2) is 48.5 Å². The number of methoxy groups -OCH3 is 2. The number of rotatable bonds is 6. The Kier molecular flexibility index (Phi) is 5.98. The van der Waals surface area contributed by atoms with Gasteiger partial charge in [0, 0.05) is 18.7 Å². The van der Waals surface area contributed by atoms with Crippen molar-refractivity contribution in [2.45, 2.75) is 6.54 Å². The molecule has 0 heterocycles. The van der Waals surface area contributed by atoms with Crippen molar-refractivity contribution in [1.29, 1.82) is 5.26 Å². The molecule has 2 aromatic carbocycles. The zero-order chi connectivity index (χ0) is 17.4. The van der Waals surface area contributed by atoms with E-state index in [0.29, 0.717) is 29.2 Å². The standard InChI is InChI=1S/C19H18N2O3/c1-23-17-9-14(10-18(11-17)24-2)13-21-19(22)8-7-15-5-3-4-6-16(15)12-20/h3-11H,13H2,1-2H3,(H,21,22)/b8-7+. The monoisotopic (exact) mass is 322 g/mol. The fourth-order valence-electron chi connectivity index (χ4n) is 2.13. The first-order valence-corrected chi connectivity index (χ1v) is 7.33. The molecule has 0 atom stereocenters. The zero-order valence-electron chi connectivity index (χ0n) is 13.6. The summed E-state index contributed by atoms with van der Waals surface area (Å²) in [7, 11) is 3.15. The minimum Gasteiger partial charge on any atom is -0.497 e. The zero-order valence-corrected chi connectivity index (χ0v) is 13.6. The van der Waals surface area contributed by atoms with E-state index < -0.39 is 0 Å². The van der Waals surface area contributed by atoms with Crippen LogP contribution in [0, 0.1) is 11.3 Å². The summed E-state index contributed by atoms with van der Waals surface area (Å²) >= 11 is 0. The van der Waals surface area contributed by atoms with E-state index in [1.807, 2.05) is 18.2 Å². The van der Waals surface area contributed by atoms with E-state index in [9.17, 15) is 4.79 Å². The highest BCUT2D eigenvalue weighted by Crippen LogP contribution is 2.22. The number of nitrogens with one attached hydrogen (secondary N) is 1. The molecule has 5 heteroatoms. The lowest BCUT2D eigenvalue weighted by Crippen LogP contribution is -2.20. The minimum atomic E-state index is -0.246. The highest BCUT2D eigenvalue weighted by Gasteiger charge is 2.03. The molecule has 24 heavy (non-hydrogen) atoms. The van der Waals surface area contributed by atoms with Gasteiger partial charge in [-0.2, -0.15) is 5.26 Å². The molecule has 5 nitrogen and oxygen atoms in total. The number of carbonyl (C=O) groups excluding carboxylic acids is 1. The first-order chi connectivity index (χ1) is 11.7. The van der Waals surface area contributed by atoms with Gasteiger partial charge in [-0.15, -0.1) is 0 Å². The van der Waals surface area contributed by atoms with Crippen molar-refractivity contribution in [1.82, 2.24) is 5.32 Å². The third-order valence-corrected chi connectivity index (χ3v) is 3.37. The Balaban J connectivity index is 2.01. The van der Waals surface area contributed by atoms with Crippen molar-refractivity contribution in [3.8, 4) is 17.6 Å². The molecule has 1 amide bonds. The minimum absolute atomic E-state index is 0.246. The van der Waals surface area contributed by atoms with E-state index in [1.54, 1.807) is 44.6 Å². The summed E-state index contributed by atoms with van der Waals surface area (Å²) in [6.07, 6.45) is 3.04. The van der Waals surface area contributed by atoms with Crippen LogP contribution in [-0.2, 0) is 11.3 Å². The van der Waals surface area contributed by atoms with Gasteiger partial charge in [-0.1, -0.05) is 18.2 Å². The van der Waals surface area contributed by atoms with Gasteiger partial charge >= 0.3 is 0 Å². The van der Waals surface area contributed by atoms with E-state index in [4.69, 9.17) is 14.7 Å². The lowest BCUT2D eigenvalue weighted by molar-refractivity contribution is -0.116. The van der Waals surface area contributed by atoms with E-state index in [0.717, 1.165) is 5.56 Å². The first-order valence-electron chi connectivity index (χ1n) is 7.33. The second-order valence-electron chi connectivity index (χ2n) is 4.97. The highest BCUT2D eigenvalue weighted by molar-refractivity contribution is 5.92. The molecule has 1 N–H and O–H groups in total. The third-order valence-electron chi connectivity index (χ3n) is 3.37. The average Bonchev–Trinajstić information content (AvgIpc) is 2.64. The van der Waals surface area contributed by atoms with Gasteiger partial charge in [0.2, 0.25) is 5.91 Å². The molecular formula is C19H18N2O3. The molecule has 2 rings (SSSR count). The maximum atomic E-state index is 12.0. The van der Waals surface area contributed by atoms with Gasteiger partial charge in [0.15, 0.2) is 0 Å². The molecule has 0 bridgehead atoms. The summed E-state index contributed by atoms with van der Waals surface area (Å²) in [5, 5.41) is 11.8. The SMILES string of the molecule is COc1cc(CNC(=O)/C=C/c2ccccc2C#N)cc(OC)c1. The predicted octanol–water partition coefficient (Wildman–Crippen LogP) is 2.91. The maximum Gasteiger partial charge on any atom is 0.244 e. The van der Waals surface area contributed by atoms with Crippen LogP contribution in [0.4, 0.5) is 0 Å². The number of hydrogen-bond donors (Lipinski definition) is 1. The molecule has 0 aliphatic rings. The first kappa shape index (κ1) is 17.1. The Bertz CT molecular complexity index is 769. The van der Waals surface area contributed by atoms with Gasteiger partial charge in [0.25, 0.3) is 0 Å². The Labute approximate surface area is 141 Å². The van der Waals surface area contributed by atoms with E-state index >= 15 is 0 Å². The van der Waals surface area contributed by atoms with Crippen molar-refractivity contribution in [3.63, 3.8) is 0 Å². The van der Waals surface area contributed by atoms with Crippen molar-refractivity contribution in [3.05, 3.63) is 65.2 Å². The van der Waals surface area contributed by atoms with Gasteiger partial charge in [0.1, 0.15) is 11.5 Å². The van der Waals surface area contributed by atoms with Gasteiger partial charge in [0.05, 0.1) is 25.9 Å². The average molecular weight is 322 g/mol. The predicted molar refractivity (Wildman–Crippen MR) is 91.6 cm³/mol. The molecule has 0 saturated heterocycles. The van der Waals surface area contributed by atoms with Crippen molar-refractivity contribution >= 4 is 12.0 Å². The molecule has 0 aliphatic heterocycles. The maximum absolute atomic E-state index is 12.0. The summed E-state index contributed by atoms with van der Waals surface area (Å²) in [5.74, 6) is 1.08. The van der Waals surface area contributed by atoms with Gasteiger partial charge in [-0.3, -0.25) is 4.79 Å². The molecule has 0 saturated carbocycles. The fourth-order valence-corrected chi connectivity index (χ4v) is 2.13. The molecule has 122 valence electrons. The number of amides is 1. The molecule has 0 radical (unpaired) electrons. The van der Waals surface area contributed by atoms with Crippen molar-refractivity contribution in [2.24, 2.45) is 0 Å². The summed E-state index contributed by atoms with van der Waals surface area (Å²) in [6, 6.07) is 14.6. The van der Waals surface area contributed by atoms with Crippen LogP contribution >= 0.6 is 0 Å². The third kappa shape index (κ3) is 4.62. The Morgan fingerprint density at radius 2 is 1.83 bits per heavy atom. The number of carbonyl (C=O) groups is 1. The second-order valence-corrected chi connectivity index (χ2v) is 4.97. The normalized spacial score (nSPS) is 10.2. The number of hydrogen-bond acceptors (Lipinski definition) is 4. The van der Waals surface area contributed by atoms with Gasteiger partial charge in [-0.25, -0.2) is 0 Å². The summed E-state index contributed by atoms with van der Waals surface area (Å²) < 4.78 is 10.4. The van der Waals surface area contributed by atoms with E-state index in [-0.39, 0.29) is 5.91 Å². The van der Waals surface area contributed by atoms with Crippen LogP contribution < -0.4 is 14.8 Å². The summed E-state index contributed by atoms with van der Waals surface area (Å²) in [6.45, 7) is 0.344. The van der Waals surface area contributed by atoms with Crippen molar-refractivity contribution < 1.29 is 14.3 Å². The van der Waals surface area contributed by atoms with Crippen LogP contribution in [0.5, 0.6) is 11.5 Å². The molecule has 0 aromatic heterocycles. The summed E-state index contributed by atoms with van der Waals surface area (Å²) in [4.78, 5) is 12.0. The number of nitriles is 1. The Hall–Kier alpha value is -3.26. The lowest BCUT2D eigenvalue weighted by atomic mass is 10.1. The quantitative estimate of drug-likeness (QED) is 0.830. The topological polar surface area (TPSA) is 71.3 Å². The molecular weight excluding hydrogens is 304 g/mol. The smallest absolute Gasteiger partial charge is 0.244 e. The Morgan fingerprint density at radius 3 is 2.46 bits per heavy atom. The van der Waals surface area contributed by atoms with Gasteiger partial charge < -0.3 is 14.8 Å². The van der Waals surface area contributed by atoms with Crippen LogP contribution in [0.2, 0.25) is 0 Å². The van der Waals surface area contributed by atoms with Crippen LogP contribution in [0.1, 0.15) is 16.7 Å². The second kappa shape index (κ2) is 8.39. The molecule has 2 aromatic rings. The highest BCUT2D eigenvalue weighted by atomic mass is 16.5. The molecule has 0 spiro atoms. The molecule has 0 unspecified atom stereocenters. The number of ether oxygens (including phenoxy) is 2. The molecule has 0 aliphatic carbocycles. The lowest BCUT2D eigenvalue weighted by Gasteiger charge is -2.08. The number of benzene rings is 2. The van der Waals surface area contributed by atoms with E-state index in [1.165, 1.54) is 6.08 Å². The largest absolute Gasteiger partial charge is 0.497 e. The van der Waals surface area contributed by atoms with Crippen molar-refractivity contribution in [2.75, 3.05) is 14.2 Å². The van der Waals surface area contributed by atoms with Crippen LogP contribution in [0.25, 0.3) is 6.08 Å². The van der Waals surface area contributed by atoms with Crippen LogP contribution in [-0.4, -0.2) is 20.1 Å². The van der Waals surface area contributed by atoms with Gasteiger partial charge in [-0.05, 0) is 35.4 Å². The Morgan fingerprint density at radius 1 is 1.17 bits per heavy atom. The fraction of sp³-hybridized carbons (Fsp3) is 0.158. The molecule has 0 fully saturated rings. The van der Waals surface area contributed by atoms with E-state index in [2.05, 4.69) is 11.4 Å².